The van der Waals surface area contributed by atoms with Crippen LogP contribution in [0.2, 0.25) is 5.02 Å². The first-order valence-electron chi connectivity index (χ1n) is 6.05. The van der Waals surface area contributed by atoms with Crippen molar-refractivity contribution in [1.82, 2.24) is 9.55 Å². The van der Waals surface area contributed by atoms with E-state index in [1.165, 1.54) is 0 Å². The van der Waals surface area contributed by atoms with E-state index in [0.29, 0.717) is 10.9 Å². The lowest BCUT2D eigenvalue weighted by molar-refractivity contribution is 0.617. The summed E-state index contributed by atoms with van der Waals surface area (Å²) in [5.41, 5.74) is 1.88. The van der Waals surface area contributed by atoms with Gasteiger partial charge in [-0.3, -0.25) is 4.21 Å². The van der Waals surface area contributed by atoms with Crippen molar-refractivity contribution in [3.8, 4) is 0 Å². The molecule has 0 amide bonds. The van der Waals surface area contributed by atoms with E-state index in [4.69, 9.17) is 23.2 Å². The van der Waals surface area contributed by atoms with Gasteiger partial charge >= 0.3 is 0 Å². The highest BCUT2D eigenvalue weighted by molar-refractivity contribution is 7.84. The van der Waals surface area contributed by atoms with E-state index in [1.54, 1.807) is 6.26 Å². The molecule has 0 aliphatic carbocycles. The first-order valence-corrected chi connectivity index (χ1v) is 8.59. The Morgan fingerprint density at radius 1 is 1.47 bits per heavy atom. The number of aromatic nitrogens is 2. The van der Waals surface area contributed by atoms with E-state index in [2.05, 4.69) is 9.55 Å². The molecule has 6 heteroatoms. The Morgan fingerprint density at radius 2 is 2.21 bits per heavy atom. The van der Waals surface area contributed by atoms with Crippen LogP contribution in [0.25, 0.3) is 11.0 Å². The maximum absolute atomic E-state index is 11.4. The fourth-order valence-corrected chi connectivity index (χ4v) is 2.79. The molecule has 1 aromatic heterocycles. The van der Waals surface area contributed by atoms with Crippen molar-refractivity contribution in [1.29, 1.82) is 0 Å². The van der Waals surface area contributed by atoms with Crippen LogP contribution in [0.4, 0.5) is 0 Å². The van der Waals surface area contributed by atoms with Gasteiger partial charge in [-0.25, -0.2) is 4.98 Å². The lowest BCUT2D eigenvalue weighted by atomic mass is 10.3. The molecule has 2 unspecified atom stereocenters. The van der Waals surface area contributed by atoms with E-state index in [0.717, 1.165) is 29.8 Å². The van der Waals surface area contributed by atoms with Gasteiger partial charge in [-0.15, -0.1) is 11.6 Å². The van der Waals surface area contributed by atoms with E-state index in [9.17, 15) is 4.21 Å². The van der Waals surface area contributed by atoms with Crippen molar-refractivity contribution < 1.29 is 4.21 Å². The van der Waals surface area contributed by atoms with Crippen molar-refractivity contribution in [2.24, 2.45) is 0 Å². The average molecular weight is 319 g/mol. The number of hydrogen-bond donors (Lipinski definition) is 0. The molecular formula is C13H16Cl2N2OS. The molecule has 0 aliphatic rings. The highest BCUT2D eigenvalue weighted by Gasteiger charge is 2.12. The highest BCUT2D eigenvalue weighted by atomic mass is 35.5. The fraction of sp³-hybridized carbons (Fsp3) is 0.462. The number of alkyl halides is 1. The van der Waals surface area contributed by atoms with Crippen molar-refractivity contribution in [2.75, 3.05) is 6.26 Å². The Labute approximate surface area is 125 Å². The van der Waals surface area contributed by atoms with E-state index < -0.39 is 10.8 Å². The average Bonchev–Trinajstić information content (AvgIpc) is 2.72. The highest BCUT2D eigenvalue weighted by Crippen LogP contribution is 2.22. The van der Waals surface area contributed by atoms with E-state index in [1.807, 2.05) is 25.1 Å². The molecule has 0 radical (unpaired) electrons. The minimum atomic E-state index is -0.806. The monoisotopic (exact) mass is 318 g/mol. The SMILES string of the molecule is CC(CCn1c(CCl)nc2cc(Cl)ccc21)S(C)=O. The zero-order valence-corrected chi connectivity index (χ0v) is 13.2. The number of fused-ring (bicyclic) bond motifs is 1. The zero-order valence-electron chi connectivity index (χ0n) is 10.9. The number of aryl methyl sites for hydroxylation is 1. The summed E-state index contributed by atoms with van der Waals surface area (Å²) in [4.78, 5) is 4.49. The normalized spacial score (nSPS) is 14.7. The lowest BCUT2D eigenvalue weighted by Crippen LogP contribution is -2.13. The van der Waals surface area contributed by atoms with Crippen molar-refractivity contribution in [2.45, 2.75) is 31.0 Å². The van der Waals surface area contributed by atoms with Gasteiger partial charge in [-0.2, -0.15) is 0 Å². The van der Waals surface area contributed by atoms with Gasteiger partial charge in [0.05, 0.1) is 16.9 Å². The van der Waals surface area contributed by atoms with Crippen LogP contribution in [0.1, 0.15) is 19.2 Å². The molecule has 0 N–H and O–H groups in total. The van der Waals surface area contributed by atoms with Crippen molar-refractivity contribution in [3.63, 3.8) is 0 Å². The summed E-state index contributed by atoms with van der Waals surface area (Å²) >= 11 is 11.9. The molecule has 0 bridgehead atoms. The van der Waals surface area contributed by atoms with Gasteiger partial charge in [0.15, 0.2) is 0 Å². The maximum atomic E-state index is 11.4. The van der Waals surface area contributed by atoms with Gasteiger partial charge in [0.25, 0.3) is 0 Å². The Hall–Kier alpha value is -0.580. The third kappa shape index (κ3) is 3.30. The van der Waals surface area contributed by atoms with Crippen LogP contribution in [-0.2, 0) is 23.2 Å². The molecule has 0 saturated carbocycles. The number of nitrogens with zero attached hydrogens (tertiary/aromatic N) is 2. The van der Waals surface area contributed by atoms with E-state index in [-0.39, 0.29) is 5.25 Å². The number of benzene rings is 1. The molecule has 2 atom stereocenters. The molecular weight excluding hydrogens is 303 g/mol. The molecule has 0 saturated heterocycles. The zero-order chi connectivity index (χ0) is 14.0. The largest absolute Gasteiger partial charge is 0.327 e. The van der Waals surface area contributed by atoms with Crippen LogP contribution < -0.4 is 0 Å². The third-order valence-electron chi connectivity index (χ3n) is 3.23. The summed E-state index contributed by atoms with van der Waals surface area (Å²) in [6.07, 6.45) is 2.57. The summed E-state index contributed by atoms with van der Waals surface area (Å²) in [6, 6.07) is 5.64. The molecule has 2 rings (SSSR count). The lowest BCUT2D eigenvalue weighted by Gasteiger charge is -2.11. The number of rotatable bonds is 5. The van der Waals surface area contributed by atoms with Crippen LogP contribution >= 0.6 is 23.2 Å². The molecule has 1 heterocycles. The maximum Gasteiger partial charge on any atom is 0.124 e. The smallest absolute Gasteiger partial charge is 0.124 e. The molecule has 0 fully saturated rings. The van der Waals surface area contributed by atoms with Crippen LogP contribution in [0.3, 0.4) is 0 Å². The number of halogens is 2. The second-order valence-electron chi connectivity index (χ2n) is 4.54. The van der Waals surface area contributed by atoms with Gasteiger partial charge in [0.1, 0.15) is 5.82 Å². The predicted molar refractivity (Wildman–Crippen MR) is 82.4 cm³/mol. The molecule has 104 valence electrons. The Kier molecular flexibility index (Phi) is 4.87. The summed E-state index contributed by atoms with van der Waals surface area (Å²) in [5.74, 6) is 1.18. The minimum Gasteiger partial charge on any atom is -0.327 e. The molecule has 2 aromatic rings. The topological polar surface area (TPSA) is 34.9 Å². The standard InChI is InChI=1S/C13H16Cl2N2OS/c1-9(19(2)18)5-6-17-12-4-3-10(15)7-11(12)16-13(17)8-14/h3-4,7,9H,5-6,8H2,1-2H3. The fourth-order valence-electron chi connectivity index (χ4n) is 1.98. The second kappa shape index (κ2) is 6.25. The summed E-state index contributed by atoms with van der Waals surface area (Å²) in [6.45, 7) is 2.76. The van der Waals surface area contributed by atoms with Crippen LogP contribution in [0.5, 0.6) is 0 Å². The van der Waals surface area contributed by atoms with Gasteiger partial charge in [0, 0.05) is 33.9 Å². The Bertz CT molecular complexity index is 612. The van der Waals surface area contributed by atoms with Gasteiger partial charge in [0.2, 0.25) is 0 Å². The van der Waals surface area contributed by atoms with Gasteiger partial charge < -0.3 is 4.57 Å². The second-order valence-corrected chi connectivity index (χ2v) is 7.05. The van der Waals surface area contributed by atoms with Crippen LogP contribution in [-0.4, -0.2) is 25.3 Å². The molecule has 1 aromatic carbocycles. The predicted octanol–water partition coefficient (Wildman–Crippen LogP) is 3.59. The van der Waals surface area contributed by atoms with Crippen LogP contribution in [0.15, 0.2) is 18.2 Å². The van der Waals surface area contributed by atoms with E-state index >= 15 is 0 Å². The number of hydrogen-bond acceptors (Lipinski definition) is 2. The molecule has 0 spiro atoms. The van der Waals surface area contributed by atoms with Gasteiger partial charge in [-0.05, 0) is 24.6 Å². The summed E-state index contributed by atoms with van der Waals surface area (Å²) < 4.78 is 13.5. The first-order chi connectivity index (χ1) is 9.02. The molecule has 3 nitrogen and oxygen atoms in total. The molecule has 19 heavy (non-hydrogen) atoms. The molecule has 0 aliphatic heterocycles. The summed E-state index contributed by atoms with van der Waals surface area (Å²) in [7, 11) is -0.806. The quantitative estimate of drug-likeness (QED) is 0.790. The van der Waals surface area contributed by atoms with Crippen LogP contribution in [0, 0.1) is 0 Å². The third-order valence-corrected chi connectivity index (χ3v) is 5.08. The van der Waals surface area contributed by atoms with Crippen molar-refractivity contribution >= 4 is 45.0 Å². The number of imidazole rings is 1. The Balaban J connectivity index is 2.32. The Morgan fingerprint density at radius 3 is 2.84 bits per heavy atom. The van der Waals surface area contributed by atoms with Gasteiger partial charge in [-0.1, -0.05) is 18.5 Å². The van der Waals surface area contributed by atoms with Crippen molar-refractivity contribution in [3.05, 3.63) is 29.0 Å². The minimum absolute atomic E-state index is 0.160. The first kappa shape index (κ1) is 14.8. The summed E-state index contributed by atoms with van der Waals surface area (Å²) in [5, 5.41) is 0.828.